The van der Waals surface area contributed by atoms with Gasteiger partial charge < -0.3 is 10.1 Å². The quantitative estimate of drug-likeness (QED) is 0.484. The van der Waals surface area contributed by atoms with E-state index in [0.717, 1.165) is 15.7 Å². The van der Waals surface area contributed by atoms with Gasteiger partial charge in [-0.3, -0.25) is 18.7 Å². The molecule has 8 heteroatoms. The predicted molar refractivity (Wildman–Crippen MR) is 121 cm³/mol. The highest BCUT2D eigenvalue weighted by Gasteiger charge is 2.17. The van der Waals surface area contributed by atoms with Gasteiger partial charge >= 0.3 is 5.69 Å². The Morgan fingerprint density at radius 2 is 1.77 bits per heavy atom. The van der Waals surface area contributed by atoms with Crippen LogP contribution in [0.3, 0.4) is 0 Å². The van der Waals surface area contributed by atoms with Crippen LogP contribution >= 0.6 is 11.3 Å². The number of fused-ring (bicyclic) bond motifs is 1. The van der Waals surface area contributed by atoms with Crippen LogP contribution < -0.4 is 21.3 Å². The van der Waals surface area contributed by atoms with E-state index in [2.05, 4.69) is 5.32 Å². The first-order valence-corrected chi connectivity index (χ1v) is 10.6. The number of rotatable bonds is 7. The van der Waals surface area contributed by atoms with Gasteiger partial charge in [-0.15, -0.1) is 11.3 Å². The van der Waals surface area contributed by atoms with Gasteiger partial charge in [0.1, 0.15) is 17.0 Å². The summed E-state index contributed by atoms with van der Waals surface area (Å²) in [5.41, 5.74) is 1.31. The summed E-state index contributed by atoms with van der Waals surface area (Å²) in [6.45, 7) is 0.288. The number of nitrogens with one attached hydrogen (secondary N) is 1. The number of nitrogens with zero attached hydrogens (tertiary/aromatic N) is 2. The molecule has 0 saturated carbocycles. The van der Waals surface area contributed by atoms with Gasteiger partial charge in [0.05, 0.1) is 19.2 Å². The Balaban J connectivity index is 1.65. The van der Waals surface area contributed by atoms with E-state index in [1.807, 2.05) is 36.4 Å². The maximum atomic E-state index is 13.2. The van der Waals surface area contributed by atoms with Crippen molar-refractivity contribution in [3.8, 4) is 5.75 Å². The molecule has 1 amide bonds. The molecular weight excluding hydrogens is 414 g/mol. The summed E-state index contributed by atoms with van der Waals surface area (Å²) in [5, 5.41) is 4.58. The SMILES string of the molecule is COc1cccc(Cn2c(=O)c3sccc3n(CC(=O)NCc3ccccc3)c2=O)c1. The summed E-state index contributed by atoms with van der Waals surface area (Å²) in [5.74, 6) is 0.341. The maximum Gasteiger partial charge on any atom is 0.332 e. The minimum atomic E-state index is -0.520. The van der Waals surface area contributed by atoms with Gasteiger partial charge in [0.15, 0.2) is 0 Å². The van der Waals surface area contributed by atoms with Crippen LogP contribution in [0.4, 0.5) is 0 Å². The molecule has 1 N–H and O–H groups in total. The lowest BCUT2D eigenvalue weighted by Gasteiger charge is -2.13. The van der Waals surface area contributed by atoms with Gasteiger partial charge in [-0.2, -0.15) is 0 Å². The molecule has 0 spiro atoms. The van der Waals surface area contributed by atoms with Crippen molar-refractivity contribution in [1.82, 2.24) is 14.5 Å². The molecule has 31 heavy (non-hydrogen) atoms. The van der Waals surface area contributed by atoms with Crippen LogP contribution in [-0.4, -0.2) is 22.2 Å². The number of hydrogen-bond acceptors (Lipinski definition) is 5. The van der Waals surface area contributed by atoms with E-state index < -0.39 is 5.69 Å². The molecule has 0 unspecified atom stereocenters. The third kappa shape index (κ3) is 4.44. The average molecular weight is 436 g/mol. The number of aromatic nitrogens is 2. The summed E-state index contributed by atoms with van der Waals surface area (Å²) in [4.78, 5) is 38.7. The molecule has 158 valence electrons. The molecule has 4 rings (SSSR count). The molecule has 0 aliphatic carbocycles. The molecule has 7 nitrogen and oxygen atoms in total. The highest BCUT2D eigenvalue weighted by atomic mass is 32.1. The van der Waals surface area contributed by atoms with Crippen LogP contribution in [0.15, 0.2) is 75.6 Å². The second kappa shape index (κ2) is 9.01. The highest BCUT2D eigenvalue weighted by Crippen LogP contribution is 2.16. The van der Waals surface area contributed by atoms with E-state index in [1.165, 1.54) is 15.9 Å². The van der Waals surface area contributed by atoms with Crippen molar-refractivity contribution in [2.45, 2.75) is 19.6 Å². The van der Waals surface area contributed by atoms with Crippen molar-refractivity contribution in [2.75, 3.05) is 7.11 Å². The molecule has 2 heterocycles. The van der Waals surface area contributed by atoms with Crippen molar-refractivity contribution in [2.24, 2.45) is 0 Å². The van der Waals surface area contributed by atoms with Crippen LogP contribution in [0, 0.1) is 0 Å². The lowest BCUT2D eigenvalue weighted by atomic mass is 10.2. The Kier molecular flexibility index (Phi) is 5.99. The number of ether oxygens (including phenoxy) is 1. The number of thiophene rings is 1. The molecule has 0 aliphatic rings. The molecule has 0 saturated heterocycles. The van der Waals surface area contributed by atoms with Crippen molar-refractivity contribution in [1.29, 1.82) is 0 Å². The average Bonchev–Trinajstić information content (AvgIpc) is 3.29. The Hall–Kier alpha value is -3.65. The molecule has 0 fully saturated rings. The summed E-state index contributed by atoms with van der Waals surface area (Å²) >= 11 is 1.26. The molecule has 0 bridgehead atoms. The molecule has 2 aromatic heterocycles. The number of carbonyl (C=O) groups excluding carboxylic acids is 1. The zero-order valence-electron chi connectivity index (χ0n) is 16.9. The minimum absolute atomic E-state index is 0.0916. The van der Waals surface area contributed by atoms with E-state index in [1.54, 1.807) is 36.8 Å². The molecule has 0 radical (unpaired) electrons. The second-order valence-corrected chi connectivity index (χ2v) is 7.92. The monoisotopic (exact) mass is 435 g/mol. The van der Waals surface area contributed by atoms with Crippen molar-refractivity contribution < 1.29 is 9.53 Å². The highest BCUT2D eigenvalue weighted by molar-refractivity contribution is 7.17. The van der Waals surface area contributed by atoms with Gasteiger partial charge in [0.25, 0.3) is 5.56 Å². The van der Waals surface area contributed by atoms with E-state index in [-0.39, 0.29) is 24.6 Å². The fourth-order valence-electron chi connectivity index (χ4n) is 3.37. The molecule has 4 aromatic rings. The van der Waals surface area contributed by atoms with Crippen molar-refractivity contribution in [3.63, 3.8) is 0 Å². The van der Waals surface area contributed by atoms with E-state index in [0.29, 0.717) is 22.5 Å². The summed E-state index contributed by atoms with van der Waals surface area (Å²) in [6, 6.07) is 18.4. The first kappa shape index (κ1) is 20.6. The summed E-state index contributed by atoms with van der Waals surface area (Å²) in [7, 11) is 1.56. The zero-order valence-corrected chi connectivity index (χ0v) is 17.7. The Morgan fingerprint density at radius 1 is 1.00 bits per heavy atom. The number of hydrogen-bond donors (Lipinski definition) is 1. The van der Waals surface area contributed by atoms with E-state index >= 15 is 0 Å². The largest absolute Gasteiger partial charge is 0.497 e. The third-order valence-electron chi connectivity index (χ3n) is 4.95. The first-order valence-electron chi connectivity index (χ1n) is 9.71. The number of amides is 1. The zero-order chi connectivity index (χ0) is 21.8. The minimum Gasteiger partial charge on any atom is -0.497 e. The second-order valence-electron chi connectivity index (χ2n) is 7.01. The van der Waals surface area contributed by atoms with Gasteiger partial charge in [-0.25, -0.2) is 4.79 Å². The topological polar surface area (TPSA) is 82.3 Å². The fraction of sp³-hybridized carbons (Fsp3) is 0.174. The molecular formula is C23H21N3O4S. The van der Waals surface area contributed by atoms with Gasteiger partial charge in [-0.1, -0.05) is 42.5 Å². The van der Waals surface area contributed by atoms with Crippen LogP contribution in [0.5, 0.6) is 5.75 Å². The Morgan fingerprint density at radius 3 is 2.55 bits per heavy atom. The smallest absolute Gasteiger partial charge is 0.332 e. The van der Waals surface area contributed by atoms with Crippen LogP contribution in [0.2, 0.25) is 0 Å². The summed E-state index contributed by atoms with van der Waals surface area (Å²) in [6.07, 6.45) is 0. The van der Waals surface area contributed by atoms with Gasteiger partial charge in [0, 0.05) is 6.54 Å². The number of methoxy groups -OCH3 is 1. The van der Waals surface area contributed by atoms with Gasteiger partial charge in [0.2, 0.25) is 5.91 Å². The van der Waals surface area contributed by atoms with Crippen LogP contribution in [0.1, 0.15) is 11.1 Å². The lowest BCUT2D eigenvalue weighted by molar-refractivity contribution is -0.121. The fourth-order valence-corrected chi connectivity index (χ4v) is 4.22. The maximum absolute atomic E-state index is 13.2. The standard InChI is InChI=1S/C23H21N3O4S/c1-30-18-9-5-8-17(12-18)14-26-22(28)21-19(10-11-31-21)25(23(26)29)15-20(27)24-13-16-6-3-2-4-7-16/h2-12H,13-15H2,1H3,(H,24,27). The number of carbonyl (C=O) groups is 1. The van der Waals surface area contributed by atoms with Crippen LogP contribution in [-0.2, 0) is 24.4 Å². The van der Waals surface area contributed by atoms with Crippen molar-refractivity contribution >= 4 is 27.5 Å². The molecule has 2 aromatic carbocycles. The normalized spacial score (nSPS) is 10.9. The molecule has 0 atom stereocenters. The third-order valence-corrected chi connectivity index (χ3v) is 5.84. The van der Waals surface area contributed by atoms with E-state index in [9.17, 15) is 14.4 Å². The molecule has 0 aliphatic heterocycles. The Bertz CT molecular complexity index is 1340. The Labute approximate surface area is 182 Å². The predicted octanol–water partition coefficient (Wildman–Crippen LogP) is 2.60. The van der Waals surface area contributed by atoms with Gasteiger partial charge in [-0.05, 0) is 34.7 Å². The first-order chi connectivity index (χ1) is 15.1. The van der Waals surface area contributed by atoms with Crippen molar-refractivity contribution in [3.05, 3.63) is 98.0 Å². The van der Waals surface area contributed by atoms with E-state index in [4.69, 9.17) is 4.74 Å². The summed E-state index contributed by atoms with van der Waals surface area (Å²) < 4.78 is 8.19. The lowest BCUT2D eigenvalue weighted by Crippen LogP contribution is -2.42. The van der Waals surface area contributed by atoms with Crippen LogP contribution in [0.25, 0.3) is 10.2 Å². The number of benzene rings is 2.